The van der Waals surface area contributed by atoms with Gasteiger partial charge < -0.3 is 14.8 Å². The number of methoxy groups -OCH3 is 1. The van der Waals surface area contributed by atoms with Crippen LogP contribution in [0.15, 0.2) is 30.5 Å². The van der Waals surface area contributed by atoms with Crippen molar-refractivity contribution in [1.82, 2.24) is 4.57 Å². The molecule has 0 saturated heterocycles. The first-order chi connectivity index (χ1) is 10.4. The zero-order valence-electron chi connectivity index (χ0n) is 13.7. The molecule has 0 unspecified atom stereocenters. The van der Waals surface area contributed by atoms with Gasteiger partial charge in [0.25, 0.3) is 0 Å². The van der Waals surface area contributed by atoms with Crippen molar-refractivity contribution in [3.05, 3.63) is 30.5 Å². The van der Waals surface area contributed by atoms with Crippen LogP contribution >= 0.6 is 0 Å². The zero-order chi connectivity index (χ0) is 16.2. The average molecular weight is 304 g/mol. The number of nitrogens with zero attached hydrogens (tertiary/aromatic N) is 1. The summed E-state index contributed by atoms with van der Waals surface area (Å²) < 4.78 is 12.1. The van der Waals surface area contributed by atoms with E-state index in [1.807, 2.05) is 45.0 Å². The lowest BCUT2D eigenvalue weighted by molar-refractivity contribution is 0.0544. The molecule has 0 saturated carbocycles. The third-order valence-electron chi connectivity index (χ3n) is 3.14. The summed E-state index contributed by atoms with van der Waals surface area (Å²) in [7, 11) is 1.69. The van der Waals surface area contributed by atoms with Crippen LogP contribution < -0.4 is 5.32 Å². The van der Waals surface area contributed by atoms with Gasteiger partial charge in [-0.2, -0.15) is 0 Å². The molecule has 1 aromatic heterocycles. The summed E-state index contributed by atoms with van der Waals surface area (Å²) in [5.74, 6) is 0. The van der Waals surface area contributed by atoms with Crippen molar-refractivity contribution in [2.24, 2.45) is 0 Å². The maximum absolute atomic E-state index is 12.4. The Balaban J connectivity index is 2.25. The van der Waals surface area contributed by atoms with E-state index in [9.17, 15) is 4.79 Å². The van der Waals surface area contributed by atoms with E-state index in [4.69, 9.17) is 9.47 Å². The standard InChI is InChI=1S/C17H24N2O3/c1-17(2,3)22-16(20)19-12-14(18-10-7-11-21-4)13-8-5-6-9-15(13)19/h5-6,8-9,12,18H,7,10-11H2,1-4H3. The molecule has 0 bridgehead atoms. The normalized spacial score (nSPS) is 11.6. The van der Waals surface area contributed by atoms with Crippen LogP contribution in [0.5, 0.6) is 0 Å². The predicted molar refractivity (Wildman–Crippen MR) is 88.6 cm³/mol. The van der Waals surface area contributed by atoms with Gasteiger partial charge in [-0.15, -0.1) is 0 Å². The van der Waals surface area contributed by atoms with E-state index in [1.165, 1.54) is 0 Å². The number of carbonyl (C=O) groups excluding carboxylic acids is 1. The summed E-state index contributed by atoms with van der Waals surface area (Å²) >= 11 is 0. The fraction of sp³-hybridized carbons (Fsp3) is 0.471. The van der Waals surface area contributed by atoms with E-state index in [2.05, 4.69) is 5.32 Å². The molecule has 1 aromatic carbocycles. The molecule has 2 rings (SSSR count). The number of hydrogen-bond donors (Lipinski definition) is 1. The van der Waals surface area contributed by atoms with Gasteiger partial charge in [-0.25, -0.2) is 4.79 Å². The molecule has 1 heterocycles. The Kier molecular flexibility index (Phi) is 5.08. The van der Waals surface area contributed by atoms with E-state index in [1.54, 1.807) is 17.9 Å². The predicted octanol–water partition coefficient (Wildman–Crippen LogP) is 3.87. The number of para-hydroxylation sites is 1. The Morgan fingerprint density at radius 1 is 1.27 bits per heavy atom. The average Bonchev–Trinajstić information content (AvgIpc) is 2.81. The van der Waals surface area contributed by atoms with Crippen molar-refractivity contribution in [2.45, 2.75) is 32.8 Å². The van der Waals surface area contributed by atoms with Gasteiger partial charge in [0.2, 0.25) is 0 Å². The van der Waals surface area contributed by atoms with Gasteiger partial charge >= 0.3 is 6.09 Å². The van der Waals surface area contributed by atoms with Crippen molar-refractivity contribution < 1.29 is 14.3 Å². The molecular formula is C17H24N2O3. The van der Waals surface area contributed by atoms with Crippen molar-refractivity contribution in [3.63, 3.8) is 0 Å². The summed E-state index contributed by atoms with van der Waals surface area (Å²) in [4.78, 5) is 12.4. The molecule has 22 heavy (non-hydrogen) atoms. The first kappa shape index (κ1) is 16.4. The molecule has 0 spiro atoms. The maximum Gasteiger partial charge on any atom is 0.419 e. The first-order valence-corrected chi connectivity index (χ1v) is 7.48. The second-order valence-corrected chi connectivity index (χ2v) is 6.18. The Hall–Kier alpha value is -2.01. The fourth-order valence-corrected chi connectivity index (χ4v) is 2.22. The first-order valence-electron chi connectivity index (χ1n) is 7.48. The summed E-state index contributed by atoms with van der Waals surface area (Å²) in [6, 6.07) is 7.79. The van der Waals surface area contributed by atoms with Gasteiger partial charge in [0, 0.05) is 31.8 Å². The zero-order valence-corrected chi connectivity index (χ0v) is 13.7. The van der Waals surface area contributed by atoms with E-state index in [0.717, 1.165) is 29.6 Å². The Morgan fingerprint density at radius 2 is 2.00 bits per heavy atom. The van der Waals surface area contributed by atoms with E-state index >= 15 is 0 Å². The Bertz CT molecular complexity index is 641. The summed E-state index contributed by atoms with van der Waals surface area (Å²) in [5.41, 5.74) is 1.25. The number of fused-ring (bicyclic) bond motifs is 1. The van der Waals surface area contributed by atoms with E-state index in [-0.39, 0.29) is 6.09 Å². The third kappa shape index (κ3) is 4.01. The molecule has 5 nitrogen and oxygen atoms in total. The molecule has 1 N–H and O–H groups in total. The fourth-order valence-electron chi connectivity index (χ4n) is 2.22. The lowest BCUT2D eigenvalue weighted by Gasteiger charge is -2.19. The quantitative estimate of drug-likeness (QED) is 0.852. The molecule has 2 aromatic rings. The van der Waals surface area contributed by atoms with Crippen LogP contribution in [0.3, 0.4) is 0 Å². The van der Waals surface area contributed by atoms with Crippen LogP contribution in [-0.2, 0) is 9.47 Å². The lowest BCUT2D eigenvalue weighted by Crippen LogP contribution is -2.26. The number of nitrogens with one attached hydrogen (secondary N) is 1. The molecule has 0 fully saturated rings. The van der Waals surface area contributed by atoms with Crippen LogP contribution in [0, 0.1) is 0 Å². The van der Waals surface area contributed by atoms with Gasteiger partial charge in [-0.3, -0.25) is 4.57 Å². The highest BCUT2D eigenvalue weighted by Gasteiger charge is 2.20. The second-order valence-electron chi connectivity index (χ2n) is 6.18. The molecule has 120 valence electrons. The van der Waals surface area contributed by atoms with Crippen molar-refractivity contribution in [2.75, 3.05) is 25.6 Å². The molecular weight excluding hydrogens is 280 g/mol. The van der Waals surface area contributed by atoms with Gasteiger partial charge in [-0.1, -0.05) is 18.2 Å². The smallest absolute Gasteiger partial charge is 0.419 e. The Labute approximate surface area is 131 Å². The van der Waals surface area contributed by atoms with E-state index in [0.29, 0.717) is 6.61 Å². The minimum absolute atomic E-state index is 0.367. The van der Waals surface area contributed by atoms with Crippen LogP contribution in [0.2, 0.25) is 0 Å². The number of benzene rings is 1. The van der Waals surface area contributed by atoms with Crippen molar-refractivity contribution >= 4 is 22.7 Å². The maximum atomic E-state index is 12.4. The second kappa shape index (κ2) is 6.83. The minimum Gasteiger partial charge on any atom is -0.443 e. The van der Waals surface area contributed by atoms with Gasteiger partial charge in [0.05, 0.1) is 11.2 Å². The summed E-state index contributed by atoms with van der Waals surface area (Å²) in [5, 5.41) is 4.36. The molecule has 0 aliphatic carbocycles. The number of aromatic nitrogens is 1. The van der Waals surface area contributed by atoms with Crippen LogP contribution in [-0.4, -0.2) is 36.5 Å². The monoisotopic (exact) mass is 304 g/mol. The molecule has 0 aliphatic rings. The highest BCUT2D eigenvalue weighted by molar-refractivity contribution is 5.98. The molecule has 0 amide bonds. The third-order valence-corrected chi connectivity index (χ3v) is 3.14. The molecule has 0 radical (unpaired) electrons. The van der Waals surface area contributed by atoms with Crippen LogP contribution in [0.1, 0.15) is 27.2 Å². The van der Waals surface area contributed by atoms with Crippen LogP contribution in [0.25, 0.3) is 10.9 Å². The van der Waals surface area contributed by atoms with Crippen molar-refractivity contribution in [3.8, 4) is 0 Å². The molecule has 5 heteroatoms. The van der Waals surface area contributed by atoms with Gasteiger partial charge in [-0.05, 0) is 33.3 Å². The minimum atomic E-state index is -0.519. The van der Waals surface area contributed by atoms with Crippen molar-refractivity contribution in [1.29, 1.82) is 0 Å². The SMILES string of the molecule is COCCCNc1cn(C(=O)OC(C)(C)C)c2ccccc12. The number of rotatable bonds is 5. The number of hydrogen-bond acceptors (Lipinski definition) is 4. The summed E-state index contributed by atoms with van der Waals surface area (Å²) in [6.45, 7) is 7.08. The lowest BCUT2D eigenvalue weighted by atomic mass is 10.2. The molecule has 0 aliphatic heterocycles. The number of carbonyl (C=O) groups is 1. The summed E-state index contributed by atoms with van der Waals surface area (Å²) in [6.07, 6.45) is 2.34. The van der Waals surface area contributed by atoms with Gasteiger partial charge in [0.15, 0.2) is 0 Å². The van der Waals surface area contributed by atoms with Crippen LogP contribution in [0.4, 0.5) is 10.5 Å². The molecule has 0 atom stereocenters. The highest BCUT2D eigenvalue weighted by Crippen LogP contribution is 2.26. The Morgan fingerprint density at radius 3 is 2.68 bits per heavy atom. The largest absolute Gasteiger partial charge is 0.443 e. The number of ether oxygens (including phenoxy) is 2. The topological polar surface area (TPSA) is 52.5 Å². The van der Waals surface area contributed by atoms with Gasteiger partial charge in [0.1, 0.15) is 5.60 Å². The number of anilines is 1. The van der Waals surface area contributed by atoms with E-state index < -0.39 is 5.60 Å². The highest BCUT2D eigenvalue weighted by atomic mass is 16.6.